The molecule has 3 amide bonds. The van der Waals surface area contributed by atoms with Crippen molar-refractivity contribution in [2.24, 2.45) is 17.3 Å². The van der Waals surface area contributed by atoms with Gasteiger partial charge in [-0.1, -0.05) is 13.0 Å². The van der Waals surface area contributed by atoms with Gasteiger partial charge in [0.15, 0.2) is 0 Å². The number of carbonyl (C=O) groups excluding carboxylic acids is 2. The largest absolute Gasteiger partial charge is 0.394 e. The highest BCUT2D eigenvalue weighted by Gasteiger charge is 2.62. The number of anilines is 3. The molecule has 1 aliphatic carbocycles. The number of halogens is 3. The quantitative estimate of drug-likeness (QED) is 0.373. The summed E-state index contributed by atoms with van der Waals surface area (Å²) in [5.74, 6) is 2.22. The van der Waals surface area contributed by atoms with Gasteiger partial charge in [-0.05, 0) is 88.5 Å². The van der Waals surface area contributed by atoms with Crippen LogP contribution >= 0.6 is 11.9 Å². The van der Waals surface area contributed by atoms with E-state index in [0.29, 0.717) is 53.6 Å². The molecule has 9 nitrogen and oxygen atoms in total. The lowest BCUT2D eigenvalue weighted by molar-refractivity contribution is -0.189. The number of nitrogens with one attached hydrogen (secondary N) is 2. The van der Waals surface area contributed by atoms with Crippen molar-refractivity contribution in [3.63, 3.8) is 0 Å². The van der Waals surface area contributed by atoms with Crippen LogP contribution in [-0.4, -0.2) is 71.2 Å². The topological polar surface area (TPSA) is 93.7 Å². The van der Waals surface area contributed by atoms with Gasteiger partial charge in [0, 0.05) is 50.2 Å². The normalized spacial score (nSPS) is 24.7. The van der Waals surface area contributed by atoms with E-state index >= 15 is 0 Å². The Morgan fingerprint density at radius 3 is 2.64 bits per heavy atom. The highest BCUT2D eigenvalue weighted by atomic mass is 32.2. The number of rotatable bonds is 5. The lowest BCUT2D eigenvalue weighted by Gasteiger charge is -2.34. The number of carbonyl (C=O) groups is 2. The molecule has 44 heavy (non-hydrogen) atoms. The standard InChI is InChI=1S/C31H40F3N7O2S/c1-20-10-14-35-23-6-4-7-25(36-23)44-38-27(42)22-8-9-24(37-26(22)41-19-21(20)18-29(41,2)3)40-17-16-39(28(40)43)15-5-11-30(12-13-30)31(32,33)34/h4,6-9,20-21H,5,10-19H2,1-3H3,(H,35,36)(H,38,42). The second-order valence-electron chi connectivity index (χ2n) is 13.3. The number of hydrogen-bond donors (Lipinski definition) is 2. The summed E-state index contributed by atoms with van der Waals surface area (Å²) in [5, 5.41) is 4.07. The van der Waals surface area contributed by atoms with E-state index in [1.807, 2.05) is 18.2 Å². The second-order valence-corrected chi connectivity index (χ2v) is 14.1. The van der Waals surface area contributed by atoms with Crippen LogP contribution in [0.1, 0.15) is 69.7 Å². The summed E-state index contributed by atoms with van der Waals surface area (Å²) in [6.07, 6.45) is -1.59. The highest BCUT2D eigenvalue weighted by Crippen LogP contribution is 2.60. The molecule has 2 unspecified atom stereocenters. The van der Waals surface area contributed by atoms with Gasteiger partial charge in [0.25, 0.3) is 5.91 Å². The van der Waals surface area contributed by atoms with E-state index in [9.17, 15) is 22.8 Å². The molecule has 2 saturated heterocycles. The molecule has 0 aromatic carbocycles. The van der Waals surface area contributed by atoms with E-state index in [1.165, 1.54) is 0 Å². The Morgan fingerprint density at radius 2 is 1.89 bits per heavy atom. The molecule has 3 aliphatic heterocycles. The van der Waals surface area contributed by atoms with E-state index in [2.05, 4.69) is 40.7 Å². The Kier molecular flexibility index (Phi) is 8.13. The van der Waals surface area contributed by atoms with Crippen molar-refractivity contribution in [2.75, 3.05) is 47.8 Å². The lowest BCUT2D eigenvalue weighted by Crippen LogP contribution is -2.40. The number of hydrogen-bond acceptors (Lipinski definition) is 7. The Hall–Kier alpha value is -3.22. The van der Waals surface area contributed by atoms with Crippen molar-refractivity contribution < 1.29 is 22.8 Å². The molecule has 2 aromatic heterocycles. The third-order valence-corrected chi connectivity index (χ3v) is 10.6. The molecule has 6 rings (SSSR count). The van der Waals surface area contributed by atoms with Crippen LogP contribution in [0.15, 0.2) is 35.4 Å². The molecule has 2 N–H and O–H groups in total. The van der Waals surface area contributed by atoms with Gasteiger partial charge in [0.1, 0.15) is 22.5 Å². The number of amides is 3. The Balaban J connectivity index is 1.25. The number of alkyl halides is 3. The summed E-state index contributed by atoms with van der Waals surface area (Å²) in [6.45, 7) is 9.19. The van der Waals surface area contributed by atoms with Gasteiger partial charge in [-0.15, -0.1) is 0 Å². The molecular weight excluding hydrogens is 591 g/mol. The average molecular weight is 632 g/mol. The highest BCUT2D eigenvalue weighted by molar-refractivity contribution is 7.97. The van der Waals surface area contributed by atoms with Crippen LogP contribution < -0.4 is 19.8 Å². The minimum atomic E-state index is -4.19. The summed E-state index contributed by atoms with van der Waals surface area (Å²) in [7, 11) is 0. The average Bonchev–Trinajstić information content (AvgIpc) is 3.60. The number of urea groups is 1. The third kappa shape index (κ3) is 6.03. The predicted octanol–water partition coefficient (Wildman–Crippen LogP) is 6.34. The molecule has 238 valence electrons. The van der Waals surface area contributed by atoms with E-state index in [1.54, 1.807) is 21.9 Å². The minimum Gasteiger partial charge on any atom is -0.370 e. The Bertz CT molecular complexity index is 1420. The molecular formula is C31H40F3N7O2S. The molecule has 5 heterocycles. The first kappa shape index (κ1) is 30.8. The van der Waals surface area contributed by atoms with Crippen LogP contribution in [0.25, 0.3) is 0 Å². The molecule has 4 bridgehead atoms. The lowest BCUT2D eigenvalue weighted by atomic mass is 9.86. The maximum atomic E-state index is 13.6. The zero-order chi connectivity index (χ0) is 31.3. The van der Waals surface area contributed by atoms with Crippen LogP contribution in [0.3, 0.4) is 0 Å². The van der Waals surface area contributed by atoms with Gasteiger partial charge in [0.05, 0.1) is 11.0 Å². The fourth-order valence-electron chi connectivity index (χ4n) is 6.85. The first-order valence-electron chi connectivity index (χ1n) is 15.5. The van der Waals surface area contributed by atoms with Gasteiger partial charge >= 0.3 is 12.2 Å². The smallest absolute Gasteiger partial charge is 0.370 e. The molecule has 3 fully saturated rings. The van der Waals surface area contributed by atoms with Crippen molar-refractivity contribution in [2.45, 2.75) is 76.0 Å². The molecule has 13 heteroatoms. The Morgan fingerprint density at radius 1 is 1.09 bits per heavy atom. The SMILES string of the molecule is CC1CCNc2cccc(n2)SNC(=O)c2ccc(N3CCN(CCCC4(C(F)(F)F)CC4)C3=O)nc2N2CC1CC2(C)C. The number of aromatic nitrogens is 2. The maximum absolute atomic E-state index is 13.6. The van der Waals surface area contributed by atoms with Crippen molar-refractivity contribution in [3.05, 3.63) is 35.9 Å². The van der Waals surface area contributed by atoms with Gasteiger partial charge in [-0.2, -0.15) is 13.2 Å². The number of nitrogens with zero attached hydrogens (tertiary/aromatic N) is 5. The predicted molar refractivity (Wildman–Crippen MR) is 165 cm³/mol. The summed E-state index contributed by atoms with van der Waals surface area (Å²) < 4.78 is 43.0. The van der Waals surface area contributed by atoms with Crippen molar-refractivity contribution >= 4 is 41.3 Å². The van der Waals surface area contributed by atoms with E-state index in [4.69, 9.17) is 4.98 Å². The van der Waals surface area contributed by atoms with Crippen LogP contribution in [-0.2, 0) is 0 Å². The zero-order valence-electron chi connectivity index (χ0n) is 25.4. The summed E-state index contributed by atoms with van der Waals surface area (Å²) in [6, 6.07) is 8.80. The third-order valence-electron chi connectivity index (χ3n) is 9.86. The van der Waals surface area contributed by atoms with Gasteiger partial charge in [-0.25, -0.2) is 14.8 Å². The van der Waals surface area contributed by atoms with Crippen LogP contribution in [0.2, 0.25) is 0 Å². The molecule has 2 aromatic rings. The molecule has 4 aliphatic rings. The Labute approximate surface area is 260 Å². The summed E-state index contributed by atoms with van der Waals surface area (Å²) in [5.41, 5.74) is -1.43. The van der Waals surface area contributed by atoms with Crippen molar-refractivity contribution in [1.82, 2.24) is 19.6 Å². The first-order valence-corrected chi connectivity index (χ1v) is 16.3. The fraction of sp³-hybridized carbons (Fsp3) is 0.613. The van der Waals surface area contributed by atoms with E-state index < -0.39 is 11.6 Å². The van der Waals surface area contributed by atoms with E-state index in [0.717, 1.165) is 43.7 Å². The number of fused-ring (bicyclic) bond motifs is 6. The zero-order valence-corrected chi connectivity index (χ0v) is 26.2. The van der Waals surface area contributed by atoms with Crippen molar-refractivity contribution in [1.29, 1.82) is 0 Å². The molecule has 0 spiro atoms. The van der Waals surface area contributed by atoms with Gasteiger partial charge in [0.2, 0.25) is 0 Å². The second kappa shape index (κ2) is 11.6. The summed E-state index contributed by atoms with van der Waals surface area (Å²) >= 11 is 1.14. The molecule has 0 radical (unpaired) electrons. The monoisotopic (exact) mass is 631 g/mol. The molecule has 2 atom stereocenters. The van der Waals surface area contributed by atoms with E-state index in [-0.39, 0.29) is 43.3 Å². The maximum Gasteiger partial charge on any atom is 0.394 e. The molecule has 1 saturated carbocycles. The van der Waals surface area contributed by atoms with Crippen LogP contribution in [0.4, 0.5) is 35.4 Å². The van der Waals surface area contributed by atoms with Gasteiger partial charge in [-0.3, -0.25) is 14.4 Å². The van der Waals surface area contributed by atoms with Crippen LogP contribution in [0, 0.1) is 17.3 Å². The number of pyridine rings is 2. The van der Waals surface area contributed by atoms with Gasteiger partial charge < -0.3 is 15.1 Å². The fourth-order valence-corrected chi connectivity index (χ4v) is 7.45. The van der Waals surface area contributed by atoms with Crippen LogP contribution in [0.5, 0.6) is 0 Å². The first-order chi connectivity index (χ1) is 20.9. The summed E-state index contributed by atoms with van der Waals surface area (Å²) in [4.78, 5) is 42.0. The minimum absolute atomic E-state index is 0.0456. The van der Waals surface area contributed by atoms with Crippen molar-refractivity contribution in [3.8, 4) is 0 Å².